The standard InChI is InChI=1S/C14H24N4O/c1-9-13(10(2)18(3)17-9)16-14(19)11-7-5-4-6-8-12(11)15/h11-12H,4-8,15H2,1-3H3,(H,16,19). The van der Waals surface area contributed by atoms with Crippen molar-refractivity contribution in [3.63, 3.8) is 0 Å². The summed E-state index contributed by atoms with van der Waals surface area (Å²) in [6, 6.07) is -0.0141. The fraction of sp³-hybridized carbons (Fsp3) is 0.714. The summed E-state index contributed by atoms with van der Waals surface area (Å²) in [6.07, 6.45) is 5.25. The minimum Gasteiger partial charge on any atom is -0.327 e. The van der Waals surface area contributed by atoms with Crippen molar-refractivity contribution < 1.29 is 4.79 Å². The van der Waals surface area contributed by atoms with E-state index in [9.17, 15) is 4.79 Å². The minimum atomic E-state index is -0.0680. The molecule has 0 aromatic carbocycles. The molecular weight excluding hydrogens is 240 g/mol. The molecule has 0 aliphatic heterocycles. The molecule has 0 saturated heterocycles. The van der Waals surface area contributed by atoms with E-state index >= 15 is 0 Å². The van der Waals surface area contributed by atoms with E-state index in [1.165, 1.54) is 6.42 Å². The van der Waals surface area contributed by atoms with E-state index in [0.717, 1.165) is 42.8 Å². The molecule has 0 spiro atoms. The van der Waals surface area contributed by atoms with Gasteiger partial charge in [0.05, 0.1) is 23.0 Å². The van der Waals surface area contributed by atoms with Crippen molar-refractivity contribution >= 4 is 11.6 Å². The molecule has 5 nitrogen and oxygen atoms in total. The maximum absolute atomic E-state index is 12.4. The van der Waals surface area contributed by atoms with Gasteiger partial charge in [-0.25, -0.2) is 0 Å². The van der Waals surface area contributed by atoms with Gasteiger partial charge in [-0.3, -0.25) is 9.48 Å². The van der Waals surface area contributed by atoms with Gasteiger partial charge in [0.25, 0.3) is 0 Å². The van der Waals surface area contributed by atoms with Gasteiger partial charge in [-0.2, -0.15) is 5.10 Å². The van der Waals surface area contributed by atoms with Gasteiger partial charge >= 0.3 is 0 Å². The monoisotopic (exact) mass is 264 g/mol. The normalized spacial score (nSPS) is 24.0. The Labute approximate surface area is 114 Å². The Morgan fingerprint density at radius 1 is 1.32 bits per heavy atom. The van der Waals surface area contributed by atoms with Crippen molar-refractivity contribution in [3.05, 3.63) is 11.4 Å². The van der Waals surface area contributed by atoms with E-state index in [1.807, 2.05) is 20.9 Å². The molecule has 1 amide bonds. The number of carbonyl (C=O) groups is 1. The van der Waals surface area contributed by atoms with Gasteiger partial charge in [0, 0.05) is 13.1 Å². The average Bonchev–Trinajstić information content (AvgIpc) is 2.57. The maximum Gasteiger partial charge on any atom is 0.229 e. The summed E-state index contributed by atoms with van der Waals surface area (Å²) in [5.41, 5.74) is 8.81. The molecule has 1 aromatic heterocycles. The fourth-order valence-corrected chi connectivity index (χ4v) is 2.83. The van der Waals surface area contributed by atoms with E-state index < -0.39 is 0 Å². The average molecular weight is 264 g/mol. The predicted molar refractivity (Wildman–Crippen MR) is 75.9 cm³/mol. The zero-order valence-corrected chi connectivity index (χ0v) is 12.1. The Kier molecular flexibility index (Phi) is 4.24. The molecule has 1 saturated carbocycles. The lowest BCUT2D eigenvalue weighted by Gasteiger charge is -2.20. The number of nitrogens with two attached hydrogens (primary N) is 1. The van der Waals surface area contributed by atoms with Gasteiger partial charge < -0.3 is 11.1 Å². The highest BCUT2D eigenvalue weighted by atomic mass is 16.1. The molecule has 1 aliphatic carbocycles. The van der Waals surface area contributed by atoms with Crippen LogP contribution in [0.4, 0.5) is 5.69 Å². The molecule has 1 aromatic rings. The third-order valence-corrected chi connectivity index (χ3v) is 4.16. The van der Waals surface area contributed by atoms with Crippen LogP contribution in [0.5, 0.6) is 0 Å². The SMILES string of the molecule is Cc1nn(C)c(C)c1NC(=O)C1CCCCCC1N. The molecule has 1 fully saturated rings. The van der Waals surface area contributed by atoms with Crippen LogP contribution in [0.1, 0.15) is 43.5 Å². The highest BCUT2D eigenvalue weighted by molar-refractivity contribution is 5.94. The summed E-state index contributed by atoms with van der Waals surface area (Å²) in [5.74, 6) is -0.0184. The summed E-state index contributed by atoms with van der Waals surface area (Å²) in [6.45, 7) is 3.87. The fourth-order valence-electron chi connectivity index (χ4n) is 2.83. The molecule has 106 valence electrons. The van der Waals surface area contributed by atoms with Crippen LogP contribution < -0.4 is 11.1 Å². The minimum absolute atomic E-state index is 0.0141. The zero-order chi connectivity index (χ0) is 14.0. The van der Waals surface area contributed by atoms with Gasteiger partial charge in [0.15, 0.2) is 0 Å². The Hall–Kier alpha value is -1.36. The second kappa shape index (κ2) is 5.74. The molecule has 0 bridgehead atoms. The number of carbonyl (C=O) groups excluding carboxylic acids is 1. The van der Waals surface area contributed by atoms with Crippen LogP contribution in [0.15, 0.2) is 0 Å². The molecule has 5 heteroatoms. The number of hydrogen-bond acceptors (Lipinski definition) is 3. The number of nitrogens with zero attached hydrogens (tertiary/aromatic N) is 2. The summed E-state index contributed by atoms with van der Waals surface area (Å²) in [5, 5.41) is 7.34. The van der Waals surface area contributed by atoms with E-state index in [-0.39, 0.29) is 17.9 Å². The largest absolute Gasteiger partial charge is 0.327 e. The molecule has 2 rings (SSSR count). The van der Waals surface area contributed by atoms with E-state index in [1.54, 1.807) is 4.68 Å². The first-order valence-corrected chi connectivity index (χ1v) is 7.07. The van der Waals surface area contributed by atoms with Gasteiger partial charge in [-0.05, 0) is 26.7 Å². The van der Waals surface area contributed by atoms with Crippen molar-refractivity contribution in [2.45, 2.75) is 52.0 Å². The zero-order valence-electron chi connectivity index (χ0n) is 12.1. The summed E-state index contributed by atoms with van der Waals surface area (Å²) in [7, 11) is 1.88. The second-order valence-electron chi connectivity index (χ2n) is 5.57. The molecule has 3 N–H and O–H groups in total. The smallest absolute Gasteiger partial charge is 0.229 e. The van der Waals surface area contributed by atoms with Crippen LogP contribution in [0.25, 0.3) is 0 Å². The van der Waals surface area contributed by atoms with Crippen molar-refractivity contribution in [1.29, 1.82) is 0 Å². The molecule has 1 aliphatic rings. The van der Waals surface area contributed by atoms with Gasteiger partial charge in [-0.1, -0.05) is 19.3 Å². The lowest BCUT2D eigenvalue weighted by Crippen LogP contribution is -2.38. The van der Waals surface area contributed by atoms with Crippen LogP contribution in [0.2, 0.25) is 0 Å². The van der Waals surface area contributed by atoms with Crippen LogP contribution in [0, 0.1) is 19.8 Å². The van der Waals surface area contributed by atoms with E-state index in [2.05, 4.69) is 10.4 Å². The molecule has 0 radical (unpaired) electrons. The van der Waals surface area contributed by atoms with E-state index in [0.29, 0.717) is 0 Å². The molecular formula is C14H24N4O. The summed E-state index contributed by atoms with van der Waals surface area (Å²) >= 11 is 0. The van der Waals surface area contributed by atoms with Gasteiger partial charge in [-0.15, -0.1) is 0 Å². The van der Waals surface area contributed by atoms with Crippen molar-refractivity contribution in [2.24, 2.45) is 18.7 Å². The van der Waals surface area contributed by atoms with Crippen LogP contribution in [0.3, 0.4) is 0 Å². The highest BCUT2D eigenvalue weighted by Gasteiger charge is 2.28. The van der Waals surface area contributed by atoms with Gasteiger partial charge in [0.2, 0.25) is 5.91 Å². The first-order chi connectivity index (χ1) is 9.00. The molecule has 1 heterocycles. The number of aryl methyl sites for hydroxylation is 2. The van der Waals surface area contributed by atoms with Crippen LogP contribution in [-0.4, -0.2) is 21.7 Å². The topological polar surface area (TPSA) is 72.9 Å². The summed E-state index contributed by atoms with van der Waals surface area (Å²) < 4.78 is 1.79. The Balaban J connectivity index is 2.11. The Morgan fingerprint density at radius 3 is 2.63 bits per heavy atom. The number of amides is 1. The van der Waals surface area contributed by atoms with Gasteiger partial charge in [0.1, 0.15) is 0 Å². The van der Waals surface area contributed by atoms with Crippen molar-refractivity contribution in [3.8, 4) is 0 Å². The first-order valence-electron chi connectivity index (χ1n) is 7.07. The molecule has 2 unspecified atom stereocenters. The number of aromatic nitrogens is 2. The lowest BCUT2D eigenvalue weighted by molar-refractivity contribution is -0.120. The maximum atomic E-state index is 12.4. The van der Waals surface area contributed by atoms with E-state index in [4.69, 9.17) is 5.73 Å². The third kappa shape index (κ3) is 2.97. The third-order valence-electron chi connectivity index (χ3n) is 4.16. The van der Waals surface area contributed by atoms with Crippen LogP contribution in [-0.2, 0) is 11.8 Å². The summed E-state index contributed by atoms with van der Waals surface area (Å²) in [4.78, 5) is 12.4. The lowest BCUT2D eigenvalue weighted by atomic mass is 9.94. The highest BCUT2D eigenvalue weighted by Crippen LogP contribution is 2.25. The molecule has 2 atom stereocenters. The molecule has 19 heavy (non-hydrogen) atoms. The predicted octanol–water partition coefficient (Wildman–Crippen LogP) is 1.88. The van der Waals surface area contributed by atoms with Crippen molar-refractivity contribution in [2.75, 3.05) is 5.32 Å². The number of anilines is 1. The van der Waals surface area contributed by atoms with Crippen molar-refractivity contribution in [1.82, 2.24) is 9.78 Å². The quantitative estimate of drug-likeness (QED) is 0.801. The number of hydrogen-bond donors (Lipinski definition) is 2. The second-order valence-corrected chi connectivity index (χ2v) is 5.57. The Morgan fingerprint density at radius 2 is 2.00 bits per heavy atom. The number of nitrogens with one attached hydrogen (secondary N) is 1. The number of rotatable bonds is 2. The van der Waals surface area contributed by atoms with Crippen LogP contribution >= 0.6 is 0 Å². The Bertz CT molecular complexity index is 466. The first kappa shape index (κ1) is 14.1.